The van der Waals surface area contributed by atoms with Crippen LogP contribution < -0.4 is 0 Å². The van der Waals surface area contributed by atoms with Crippen LogP contribution >= 0.6 is 27.5 Å². The van der Waals surface area contributed by atoms with Gasteiger partial charge < -0.3 is 9.84 Å². The van der Waals surface area contributed by atoms with E-state index in [9.17, 15) is 14.7 Å². The van der Waals surface area contributed by atoms with Crippen molar-refractivity contribution in [1.82, 2.24) is 4.90 Å². The van der Waals surface area contributed by atoms with Gasteiger partial charge in [0, 0.05) is 10.5 Å². The highest BCUT2D eigenvalue weighted by molar-refractivity contribution is 9.10. The van der Waals surface area contributed by atoms with E-state index in [2.05, 4.69) is 15.9 Å². The second-order valence-corrected chi connectivity index (χ2v) is 7.66. The van der Waals surface area contributed by atoms with Gasteiger partial charge in [0.15, 0.2) is 6.04 Å². The summed E-state index contributed by atoms with van der Waals surface area (Å²) in [6, 6.07) is 3.25. The summed E-state index contributed by atoms with van der Waals surface area (Å²) in [6.07, 6.45) is -0.682. The lowest BCUT2D eigenvalue weighted by molar-refractivity contribution is -0.144. The fourth-order valence-corrected chi connectivity index (χ4v) is 2.47. The van der Waals surface area contributed by atoms with Crippen molar-refractivity contribution in [2.24, 2.45) is 0 Å². The number of carbonyl (C=O) groups excluding carboxylic acids is 1. The van der Waals surface area contributed by atoms with E-state index in [1.807, 2.05) is 0 Å². The van der Waals surface area contributed by atoms with E-state index in [1.165, 1.54) is 11.0 Å². The van der Waals surface area contributed by atoms with Crippen LogP contribution in [-0.2, 0) is 9.53 Å². The number of carboxylic acid groups (broad SMARTS) is 1. The lowest BCUT2D eigenvalue weighted by Crippen LogP contribution is -2.45. The van der Waals surface area contributed by atoms with Gasteiger partial charge in [0.05, 0.1) is 5.02 Å². The lowest BCUT2D eigenvalue weighted by atomic mass is 10.0. The fraction of sp³-hybridized carbons (Fsp3) is 0.500. The molecule has 23 heavy (non-hydrogen) atoms. The smallest absolute Gasteiger partial charge is 0.411 e. The highest BCUT2D eigenvalue weighted by Gasteiger charge is 2.36. The van der Waals surface area contributed by atoms with Gasteiger partial charge in [0.2, 0.25) is 0 Å². The van der Waals surface area contributed by atoms with Crippen molar-refractivity contribution < 1.29 is 19.4 Å². The Kier molecular flexibility index (Phi) is 6.48. The predicted molar refractivity (Wildman–Crippen MR) is 92.7 cm³/mol. The molecule has 0 heterocycles. The molecule has 0 aliphatic rings. The molecule has 0 aliphatic carbocycles. The van der Waals surface area contributed by atoms with Crippen LogP contribution in [0.25, 0.3) is 0 Å². The van der Waals surface area contributed by atoms with E-state index in [0.717, 1.165) is 0 Å². The third-order valence-corrected chi connectivity index (χ3v) is 4.16. The van der Waals surface area contributed by atoms with Crippen LogP contribution in [0.3, 0.4) is 0 Å². The first-order valence-electron chi connectivity index (χ1n) is 7.13. The number of carboxylic acids is 1. The van der Waals surface area contributed by atoms with Crippen LogP contribution in [0.1, 0.15) is 46.2 Å². The summed E-state index contributed by atoms with van der Waals surface area (Å²) in [7, 11) is 0. The van der Waals surface area contributed by atoms with Crippen LogP contribution in [0.4, 0.5) is 4.79 Å². The standard InChI is InChI=1S/C16H21BrClNO4/c1-9(2)19(15(22)23-16(3,4)5)13(14(20)21)10-6-7-11(17)12(18)8-10/h6-9,13H,1-5H3,(H,20,21). The van der Waals surface area contributed by atoms with E-state index >= 15 is 0 Å². The normalized spacial score (nSPS) is 12.9. The summed E-state index contributed by atoms with van der Waals surface area (Å²) >= 11 is 9.32. The molecule has 7 heteroatoms. The first-order chi connectivity index (χ1) is 10.4. The van der Waals surface area contributed by atoms with Crippen LogP contribution in [0.2, 0.25) is 5.02 Å². The molecule has 1 unspecified atom stereocenters. The lowest BCUT2D eigenvalue weighted by Gasteiger charge is -2.34. The zero-order valence-corrected chi connectivity index (χ0v) is 16.1. The van der Waals surface area contributed by atoms with Gasteiger partial charge in [-0.2, -0.15) is 0 Å². The number of ether oxygens (including phenoxy) is 1. The Morgan fingerprint density at radius 3 is 2.26 bits per heavy atom. The number of carbonyl (C=O) groups is 2. The van der Waals surface area contributed by atoms with Gasteiger partial charge in [-0.15, -0.1) is 0 Å². The van der Waals surface area contributed by atoms with Crippen molar-refractivity contribution >= 4 is 39.6 Å². The second kappa shape index (κ2) is 7.53. The maximum atomic E-state index is 12.5. The summed E-state index contributed by atoms with van der Waals surface area (Å²) in [4.78, 5) is 25.5. The molecule has 0 fully saturated rings. The van der Waals surface area contributed by atoms with Gasteiger partial charge in [-0.25, -0.2) is 9.59 Å². The van der Waals surface area contributed by atoms with Crippen molar-refractivity contribution in [1.29, 1.82) is 0 Å². The summed E-state index contributed by atoms with van der Waals surface area (Å²) in [6.45, 7) is 8.67. The van der Waals surface area contributed by atoms with Crippen molar-refractivity contribution in [3.8, 4) is 0 Å². The number of benzene rings is 1. The molecule has 0 spiro atoms. The van der Waals surface area contributed by atoms with Gasteiger partial charge in [-0.1, -0.05) is 17.7 Å². The van der Waals surface area contributed by atoms with Gasteiger partial charge in [-0.05, 0) is 68.2 Å². The van der Waals surface area contributed by atoms with Crippen molar-refractivity contribution in [2.75, 3.05) is 0 Å². The number of aliphatic carboxylic acids is 1. The molecule has 1 N–H and O–H groups in total. The number of nitrogens with zero attached hydrogens (tertiary/aromatic N) is 1. The Hall–Kier alpha value is -1.27. The van der Waals surface area contributed by atoms with Crippen LogP contribution in [0.15, 0.2) is 22.7 Å². The molecule has 1 amide bonds. The number of amides is 1. The first kappa shape index (κ1) is 19.8. The van der Waals surface area contributed by atoms with Gasteiger partial charge in [0.25, 0.3) is 0 Å². The Morgan fingerprint density at radius 2 is 1.87 bits per heavy atom. The summed E-state index contributed by atoms with van der Waals surface area (Å²) in [5, 5.41) is 10.0. The van der Waals surface area contributed by atoms with Crippen LogP contribution in [-0.4, -0.2) is 33.7 Å². The first-order valence-corrected chi connectivity index (χ1v) is 8.30. The highest BCUT2D eigenvalue weighted by Crippen LogP contribution is 2.31. The molecule has 0 radical (unpaired) electrons. The molecule has 0 bridgehead atoms. The molecular formula is C16H21BrClNO4. The summed E-state index contributed by atoms with van der Waals surface area (Å²) < 4.78 is 6.00. The molecule has 0 saturated heterocycles. The van der Waals surface area contributed by atoms with E-state index in [-0.39, 0.29) is 6.04 Å². The van der Waals surface area contributed by atoms with Gasteiger partial charge in [0.1, 0.15) is 5.60 Å². The Morgan fingerprint density at radius 1 is 1.30 bits per heavy atom. The van der Waals surface area contributed by atoms with Crippen LogP contribution in [0, 0.1) is 0 Å². The number of rotatable bonds is 4. The van der Waals surface area contributed by atoms with Crippen molar-refractivity contribution in [3.63, 3.8) is 0 Å². The maximum absolute atomic E-state index is 12.5. The molecule has 1 rings (SSSR count). The molecule has 5 nitrogen and oxygen atoms in total. The minimum atomic E-state index is -1.18. The van der Waals surface area contributed by atoms with Crippen molar-refractivity contribution in [3.05, 3.63) is 33.3 Å². The highest BCUT2D eigenvalue weighted by atomic mass is 79.9. The largest absolute Gasteiger partial charge is 0.479 e. The quantitative estimate of drug-likeness (QED) is 0.774. The molecular weight excluding hydrogens is 386 g/mol. The number of hydrogen-bond acceptors (Lipinski definition) is 3. The zero-order valence-electron chi connectivity index (χ0n) is 13.8. The summed E-state index contributed by atoms with van der Waals surface area (Å²) in [5.41, 5.74) is -0.310. The van der Waals surface area contributed by atoms with Crippen molar-refractivity contribution in [2.45, 2.75) is 52.3 Å². The maximum Gasteiger partial charge on any atom is 0.411 e. The Labute approximate surface area is 149 Å². The minimum Gasteiger partial charge on any atom is -0.479 e. The average molecular weight is 407 g/mol. The van der Waals surface area contributed by atoms with E-state index in [1.54, 1.807) is 46.8 Å². The SMILES string of the molecule is CC(C)N(C(=O)OC(C)(C)C)C(C(=O)O)c1ccc(Br)c(Cl)c1. The molecule has 1 aromatic carbocycles. The van der Waals surface area contributed by atoms with E-state index in [4.69, 9.17) is 16.3 Å². The third-order valence-electron chi connectivity index (χ3n) is 2.93. The second-order valence-electron chi connectivity index (χ2n) is 6.40. The van der Waals surface area contributed by atoms with E-state index < -0.39 is 23.7 Å². The Balaban J connectivity index is 3.29. The third kappa shape index (κ3) is 5.39. The molecule has 1 atom stereocenters. The fourth-order valence-electron chi connectivity index (χ4n) is 2.03. The average Bonchev–Trinajstić information content (AvgIpc) is 2.36. The topological polar surface area (TPSA) is 66.8 Å². The number of halogens is 2. The predicted octanol–water partition coefficient (Wildman–Crippen LogP) is 4.87. The minimum absolute atomic E-state index is 0.367. The molecule has 128 valence electrons. The Bertz CT molecular complexity index is 598. The van der Waals surface area contributed by atoms with Gasteiger partial charge >= 0.3 is 12.1 Å². The molecule has 0 aromatic heterocycles. The van der Waals surface area contributed by atoms with Crippen LogP contribution in [0.5, 0.6) is 0 Å². The monoisotopic (exact) mass is 405 g/mol. The number of hydrogen-bond donors (Lipinski definition) is 1. The van der Waals surface area contributed by atoms with E-state index in [0.29, 0.717) is 15.1 Å². The molecule has 0 saturated carbocycles. The zero-order chi connectivity index (χ0) is 17.9. The molecule has 1 aromatic rings. The van der Waals surface area contributed by atoms with Gasteiger partial charge in [-0.3, -0.25) is 4.90 Å². The summed E-state index contributed by atoms with van der Waals surface area (Å²) in [5.74, 6) is -1.15. The molecule has 0 aliphatic heterocycles.